The summed E-state index contributed by atoms with van der Waals surface area (Å²) < 4.78 is 3.97. The molecule has 0 atom stereocenters. The van der Waals surface area contributed by atoms with Crippen molar-refractivity contribution in [1.29, 1.82) is 0 Å². The smallest absolute Gasteiger partial charge is 0.338 e. The third-order valence-corrected chi connectivity index (χ3v) is 1.47. The molecule has 1 heterocycles. The van der Waals surface area contributed by atoms with Gasteiger partial charge in [0.1, 0.15) is 0 Å². The van der Waals surface area contributed by atoms with Crippen molar-refractivity contribution in [2.45, 2.75) is 32.7 Å². The van der Waals surface area contributed by atoms with Gasteiger partial charge in [-0.3, -0.25) is 0 Å². The Morgan fingerprint density at radius 2 is 1.62 bits per heavy atom. The summed E-state index contributed by atoms with van der Waals surface area (Å²) in [6, 6.07) is 0. The average Bonchev–Trinajstić information content (AvgIpc) is 2.34. The molecule has 0 spiro atoms. The van der Waals surface area contributed by atoms with Crippen molar-refractivity contribution in [1.82, 2.24) is 0 Å². The number of carbonyl (C=O) groups excluding carboxylic acids is 2. The van der Waals surface area contributed by atoms with E-state index in [0.29, 0.717) is 0 Å². The van der Waals surface area contributed by atoms with Crippen LogP contribution in [0.2, 0.25) is 0 Å². The molecule has 13 heavy (non-hydrogen) atoms. The van der Waals surface area contributed by atoms with E-state index in [2.05, 4.69) is 11.7 Å². The van der Waals surface area contributed by atoms with Crippen molar-refractivity contribution in [2.75, 3.05) is 0 Å². The summed E-state index contributed by atoms with van der Waals surface area (Å²) in [7, 11) is 0. The molecule has 0 aromatic rings. The highest BCUT2D eigenvalue weighted by atomic mass is 16.6. The van der Waals surface area contributed by atoms with Crippen LogP contribution in [0.15, 0.2) is 12.2 Å². The van der Waals surface area contributed by atoms with E-state index in [4.69, 9.17) is 5.73 Å². The quantitative estimate of drug-likeness (QED) is 0.483. The molecule has 0 saturated carbocycles. The first-order valence-electron chi connectivity index (χ1n) is 4.08. The first-order valence-corrected chi connectivity index (χ1v) is 4.08. The average molecular weight is 185 g/mol. The van der Waals surface area contributed by atoms with E-state index >= 15 is 0 Å². The minimum absolute atomic E-state index is 0.0417. The molecule has 0 fully saturated rings. The predicted molar refractivity (Wildman–Crippen MR) is 48.8 cm³/mol. The van der Waals surface area contributed by atoms with E-state index in [-0.39, 0.29) is 5.54 Å². The van der Waals surface area contributed by atoms with E-state index in [1.165, 1.54) is 0 Å². The molecule has 0 aromatic heterocycles. The molecule has 1 aliphatic heterocycles. The lowest BCUT2D eigenvalue weighted by Gasteiger charge is -2.13. The fourth-order valence-electron chi connectivity index (χ4n) is 0.303. The van der Waals surface area contributed by atoms with Crippen molar-refractivity contribution in [2.24, 2.45) is 5.73 Å². The van der Waals surface area contributed by atoms with Crippen LogP contribution >= 0.6 is 0 Å². The van der Waals surface area contributed by atoms with E-state index in [9.17, 15) is 9.59 Å². The Labute approximate surface area is 77.7 Å². The summed E-state index contributed by atoms with van der Waals surface area (Å²) in [5, 5.41) is 0. The maximum Gasteiger partial charge on any atom is 0.338 e. The van der Waals surface area contributed by atoms with Crippen molar-refractivity contribution < 1.29 is 14.3 Å². The van der Waals surface area contributed by atoms with Gasteiger partial charge in [-0.1, -0.05) is 6.92 Å². The third kappa shape index (κ3) is 7.21. The molecule has 4 nitrogen and oxygen atoms in total. The fraction of sp³-hybridized carbons (Fsp3) is 0.556. The van der Waals surface area contributed by atoms with Gasteiger partial charge in [-0.2, -0.15) is 0 Å². The number of ether oxygens (including phenoxy) is 1. The maximum absolute atomic E-state index is 9.92. The minimum Gasteiger partial charge on any atom is -0.387 e. The molecule has 0 saturated heterocycles. The Balaban J connectivity index is 0.000000226. The zero-order valence-electron chi connectivity index (χ0n) is 8.16. The van der Waals surface area contributed by atoms with E-state index in [0.717, 1.165) is 18.6 Å². The normalized spacial score (nSPS) is 15.1. The van der Waals surface area contributed by atoms with Gasteiger partial charge in [0.2, 0.25) is 0 Å². The third-order valence-electron chi connectivity index (χ3n) is 1.47. The topological polar surface area (TPSA) is 69.4 Å². The van der Waals surface area contributed by atoms with E-state index < -0.39 is 11.9 Å². The Morgan fingerprint density at radius 1 is 1.31 bits per heavy atom. The Kier molecular flexibility index (Phi) is 4.34. The van der Waals surface area contributed by atoms with Gasteiger partial charge in [0.05, 0.1) is 0 Å². The van der Waals surface area contributed by atoms with Gasteiger partial charge in [0.25, 0.3) is 0 Å². The zero-order chi connectivity index (χ0) is 10.5. The highest BCUT2D eigenvalue weighted by Gasteiger charge is 2.10. The molecule has 0 bridgehead atoms. The lowest BCUT2D eigenvalue weighted by molar-refractivity contribution is -0.150. The SMILES string of the molecule is CCC(C)(C)N.O=C1C=CC(=O)O1. The number of carbonyl (C=O) groups is 2. The molecule has 0 aliphatic carbocycles. The molecule has 0 aromatic carbocycles. The van der Waals surface area contributed by atoms with Crippen molar-refractivity contribution in [3.63, 3.8) is 0 Å². The molecule has 0 amide bonds. The van der Waals surface area contributed by atoms with Crippen molar-refractivity contribution in [3.8, 4) is 0 Å². The van der Waals surface area contributed by atoms with Gasteiger partial charge >= 0.3 is 11.9 Å². The summed E-state index contributed by atoms with van der Waals surface area (Å²) in [6.45, 7) is 6.12. The Hall–Kier alpha value is -1.16. The van der Waals surface area contributed by atoms with Gasteiger partial charge in [-0.25, -0.2) is 9.59 Å². The molecule has 2 N–H and O–H groups in total. The maximum atomic E-state index is 9.92. The van der Waals surface area contributed by atoms with E-state index in [1.54, 1.807) is 0 Å². The number of nitrogens with two attached hydrogens (primary N) is 1. The van der Waals surface area contributed by atoms with Crippen LogP contribution in [0.5, 0.6) is 0 Å². The van der Waals surface area contributed by atoms with Crippen LogP contribution < -0.4 is 5.73 Å². The van der Waals surface area contributed by atoms with Gasteiger partial charge in [0.15, 0.2) is 0 Å². The molecular weight excluding hydrogens is 170 g/mol. The second-order valence-corrected chi connectivity index (χ2v) is 3.42. The summed E-state index contributed by atoms with van der Waals surface area (Å²) >= 11 is 0. The lowest BCUT2D eigenvalue weighted by Crippen LogP contribution is -2.30. The van der Waals surface area contributed by atoms with Crippen LogP contribution in [0.4, 0.5) is 0 Å². The highest BCUT2D eigenvalue weighted by molar-refractivity contribution is 6.04. The Morgan fingerprint density at radius 3 is 1.69 bits per heavy atom. The van der Waals surface area contributed by atoms with Gasteiger partial charge < -0.3 is 10.5 Å². The van der Waals surface area contributed by atoms with Crippen LogP contribution in [0, 0.1) is 0 Å². The van der Waals surface area contributed by atoms with Crippen LogP contribution in [-0.4, -0.2) is 17.5 Å². The molecule has 1 rings (SSSR count). The summed E-state index contributed by atoms with van der Waals surface area (Å²) in [4.78, 5) is 19.8. The number of esters is 2. The largest absolute Gasteiger partial charge is 0.387 e. The standard InChI is InChI=1S/C5H13N.C4H2O3/c1-4-5(2,3)6;5-3-1-2-4(6)7-3/h4,6H2,1-3H3;1-2H. The van der Waals surface area contributed by atoms with Gasteiger partial charge in [-0.15, -0.1) is 0 Å². The number of hydrogen-bond acceptors (Lipinski definition) is 4. The number of hydrogen-bond donors (Lipinski definition) is 1. The summed E-state index contributed by atoms with van der Waals surface area (Å²) in [6.07, 6.45) is 3.22. The van der Waals surface area contributed by atoms with Gasteiger partial charge in [0, 0.05) is 17.7 Å². The van der Waals surface area contributed by atoms with E-state index in [1.807, 2.05) is 13.8 Å². The van der Waals surface area contributed by atoms with Crippen LogP contribution in [0.25, 0.3) is 0 Å². The first kappa shape index (κ1) is 11.8. The molecular formula is C9H15NO3. The first-order chi connectivity index (χ1) is 5.85. The Bertz CT molecular complexity index is 210. The second kappa shape index (κ2) is 4.77. The predicted octanol–water partition coefficient (Wildman–Crippen LogP) is 0.760. The summed E-state index contributed by atoms with van der Waals surface area (Å²) in [5.74, 6) is -1.16. The van der Waals surface area contributed by atoms with Crippen molar-refractivity contribution in [3.05, 3.63) is 12.2 Å². The van der Waals surface area contributed by atoms with Crippen LogP contribution in [0.1, 0.15) is 27.2 Å². The minimum atomic E-state index is -0.579. The molecule has 4 heteroatoms. The zero-order valence-corrected chi connectivity index (χ0v) is 8.16. The molecule has 0 radical (unpaired) electrons. The fourth-order valence-corrected chi connectivity index (χ4v) is 0.303. The van der Waals surface area contributed by atoms with Crippen molar-refractivity contribution >= 4 is 11.9 Å². The van der Waals surface area contributed by atoms with Gasteiger partial charge in [-0.05, 0) is 20.3 Å². The lowest BCUT2D eigenvalue weighted by atomic mass is 10.1. The monoisotopic (exact) mass is 185 g/mol. The number of rotatable bonds is 1. The second-order valence-electron chi connectivity index (χ2n) is 3.42. The van der Waals surface area contributed by atoms with Crippen LogP contribution in [0.3, 0.4) is 0 Å². The summed E-state index contributed by atoms with van der Waals surface area (Å²) in [5.41, 5.74) is 5.58. The molecule has 74 valence electrons. The molecule has 1 aliphatic rings. The highest BCUT2D eigenvalue weighted by Crippen LogP contribution is 1.99. The number of cyclic esters (lactones) is 2. The van der Waals surface area contributed by atoms with Crippen LogP contribution in [-0.2, 0) is 14.3 Å². The molecule has 0 unspecified atom stereocenters.